The largest absolute Gasteiger partial charge is 0.396 e. The van der Waals surface area contributed by atoms with Crippen molar-refractivity contribution in [3.8, 4) is 0 Å². The number of amides is 1. The Morgan fingerprint density at radius 2 is 2.15 bits per heavy atom. The van der Waals surface area contributed by atoms with E-state index in [0.29, 0.717) is 5.00 Å². The summed E-state index contributed by atoms with van der Waals surface area (Å²) in [4.78, 5) is 13.5. The highest BCUT2D eigenvalue weighted by Gasteiger charge is 2.28. The van der Waals surface area contributed by atoms with E-state index in [0.717, 1.165) is 37.1 Å². The quantitative estimate of drug-likeness (QED) is 0.716. The van der Waals surface area contributed by atoms with Crippen molar-refractivity contribution in [2.75, 3.05) is 37.4 Å². The minimum Gasteiger partial charge on any atom is -0.396 e. The number of hydrogen-bond donors (Lipinski definition) is 3. The van der Waals surface area contributed by atoms with Gasteiger partial charge in [0, 0.05) is 18.8 Å². The van der Waals surface area contributed by atoms with Gasteiger partial charge in [-0.3, -0.25) is 4.79 Å². The normalized spacial score (nSPS) is 20.2. The molecule has 1 saturated heterocycles. The molecule has 5 N–H and O–H groups in total. The summed E-state index contributed by atoms with van der Waals surface area (Å²) >= 11 is 1.00. The van der Waals surface area contributed by atoms with Crippen molar-refractivity contribution >= 4 is 37.8 Å². The molecule has 1 unspecified atom stereocenters. The first kappa shape index (κ1) is 15.1. The van der Waals surface area contributed by atoms with E-state index in [1.807, 2.05) is 7.05 Å². The smallest absolute Gasteiger partial charge is 0.261 e. The fraction of sp³-hybridized carbons (Fsp3) is 0.545. The lowest BCUT2D eigenvalue weighted by Crippen LogP contribution is -2.23. The number of nitrogens with one attached hydrogen (secondary N) is 1. The highest BCUT2D eigenvalue weighted by Crippen LogP contribution is 2.39. The Kier molecular flexibility index (Phi) is 3.94. The molecule has 1 aliphatic rings. The van der Waals surface area contributed by atoms with Gasteiger partial charge in [-0.1, -0.05) is 0 Å². The number of sulfone groups is 1. The maximum absolute atomic E-state index is 11.9. The molecule has 1 amide bonds. The lowest BCUT2D eigenvalue weighted by atomic mass is 10.2. The summed E-state index contributed by atoms with van der Waals surface area (Å²) in [6.45, 7) is 1.75. The molecule has 20 heavy (non-hydrogen) atoms. The molecule has 7 nitrogen and oxygen atoms in total. The molecule has 0 spiro atoms. The molecule has 0 bridgehead atoms. The Morgan fingerprint density at radius 1 is 1.50 bits per heavy atom. The Labute approximate surface area is 121 Å². The van der Waals surface area contributed by atoms with Crippen molar-refractivity contribution < 1.29 is 13.2 Å². The minimum absolute atomic E-state index is 0.0224. The van der Waals surface area contributed by atoms with Crippen LogP contribution < -0.4 is 16.8 Å². The predicted molar refractivity (Wildman–Crippen MR) is 79.9 cm³/mol. The standard InChI is InChI=1S/C11H18N4O3S2/c1-15-4-3-6(5-15)14-11-9(20(2,17)18)7(12)8(19-11)10(13)16/h6,14H,3-5,12H2,1-2H3,(H2,13,16). The van der Waals surface area contributed by atoms with Crippen LogP contribution in [0.15, 0.2) is 4.90 Å². The van der Waals surface area contributed by atoms with Gasteiger partial charge in [0.15, 0.2) is 9.84 Å². The number of likely N-dealkylation sites (N-methyl/N-ethyl adjacent to an activating group) is 1. The predicted octanol–water partition coefficient (Wildman–Crippen LogP) is -0.0513. The number of nitrogen functional groups attached to an aromatic ring is 1. The van der Waals surface area contributed by atoms with Gasteiger partial charge >= 0.3 is 0 Å². The van der Waals surface area contributed by atoms with E-state index >= 15 is 0 Å². The Bertz CT molecular complexity index is 638. The van der Waals surface area contributed by atoms with Gasteiger partial charge in [0.25, 0.3) is 5.91 Å². The van der Waals surface area contributed by atoms with Crippen molar-refractivity contribution in [2.24, 2.45) is 5.73 Å². The summed E-state index contributed by atoms with van der Waals surface area (Å²) in [5, 5.41) is 3.57. The molecule has 0 radical (unpaired) electrons. The van der Waals surface area contributed by atoms with E-state index in [1.54, 1.807) is 0 Å². The number of carbonyl (C=O) groups is 1. The Balaban J connectivity index is 2.41. The zero-order valence-electron chi connectivity index (χ0n) is 11.3. The first-order valence-corrected chi connectivity index (χ1v) is 8.78. The van der Waals surface area contributed by atoms with Gasteiger partial charge < -0.3 is 21.7 Å². The van der Waals surface area contributed by atoms with Crippen LogP contribution in [0.2, 0.25) is 0 Å². The van der Waals surface area contributed by atoms with Crippen molar-refractivity contribution in [1.29, 1.82) is 0 Å². The van der Waals surface area contributed by atoms with Crippen LogP contribution in [0.4, 0.5) is 10.7 Å². The molecule has 9 heteroatoms. The molecule has 1 aromatic heterocycles. The Hall–Kier alpha value is -1.32. The van der Waals surface area contributed by atoms with Crippen LogP contribution in [0, 0.1) is 0 Å². The van der Waals surface area contributed by atoms with E-state index in [9.17, 15) is 13.2 Å². The fourth-order valence-corrected chi connectivity index (χ4v) is 4.80. The summed E-state index contributed by atoms with van der Waals surface area (Å²) in [5.41, 5.74) is 10.9. The van der Waals surface area contributed by atoms with Gasteiger partial charge in [-0.25, -0.2) is 8.42 Å². The van der Waals surface area contributed by atoms with Crippen molar-refractivity contribution in [3.63, 3.8) is 0 Å². The van der Waals surface area contributed by atoms with Gasteiger partial charge in [-0.15, -0.1) is 11.3 Å². The average molecular weight is 318 g/mol. The third kappa shape index (κ3) is 2.89. The Morgan fingerprint density at radius 3 is 2.60 bits per heavy atom. The molecule has 0 saturated carbocycles. The zero-order chi connectivity index (χ0) is 15.1. The van der Waals surface area contributed by atoms with E-state index < -0.39 is 15.7 Å². The van der Waals surface area contributed by atoms with Crippen LogP contribution in [-0.2, 0) is 9.84 Å². The van der Waals surface area contributed by atoms with Crippen LogP contribution in [0.5, 0.6) is 0 Å². The van der Waals surface area contributed by atoms with E-state index in [-0.39, 0.29) is 21.5 Å². The summed E-state index contributed by atoms with van der Waals surface area (Å²) in [7, 11) is -1.53. The van der Waals surface area contributed by atoms with Crippen LogP contribution in [-0.4, -0.2) is 51.7 Å². The van der Waals surface area contributed by atoms with Crippen LogP contribution in [0.25, 0.3) is 0 Å². The van der Waals surface area contributed by atoms with Crippen LogP contribution >= 0.6 is 11.3 Å². The van der Waals surface area contributed by atoms with Crippen molar-refractivity contribution in [2.45, 2.75) is 17.4 Å². The molecule has 1 aromatic rings. The van der Waals surface area contributed by atoms with Gasteiger partial charge in [0.1, 0.15) is 14.8 Å². The number of rotatable bonds is 4. The highest BCUT2D eigenvalue weighted by atomic mass is 32.2. The van der Waals surface area contributed by atoms with Gasteiger partial charge in [0.2, 0.25) is 0 Å². The second-order valence-corrected chi connectivity index (χ2v) is 8.00. The minimum atomic E-state index is -3.53. The number of hydrogen-bond acceptors (Lipinski definition) is 7. The second kappa shape index (κ2) is 5.23. The molecular weight excluding hydrogens is 300 g/mol. The van der Waals surface area contributed by atoms with Crippen molar-refractivity contribution in [1.82, 2.24) is 4.90 Å². The third-order valence-electron chi connectivity index (χ3n) is 3.22. The lowest BCUT2D eigenvalue weighted by molar-refractivity contribution is 0.100. The van der Waals surface area contributed by atoms with E-state index in [4.69, 9.17) is 11.5 Å². The zero-order valence-corrected chi connectivity index (χ0v) is 13.0. The number of nitrogens with two attached hydrogens (primary N) is 2. The first-order chi connectivity index (χ1) is 9.20. The van der Waals surface area contributed by atoms with Gasteiger partial charge in [-0.05, 0) is 20.0 Å². The molecule has 112 valence electrons. The third-order valence-corrected chi connectivity index (χ3v) is 5.67. The van der Waals surface area contributed by atoms with Crippen LogP contribution in [0.1, 0.15) is 16.1 Å². The summed E-state index contributed by atoms with van der Waals surface area (Å²) in [5.74, 6) is -0.714. The molecule has 0 aromatic carbocycles. The summed E-state index contributed by atoms with van der Waals surface area (Å²) in [6.07, 6.45) is 1.98. The average Bonchev–Trinajstić information content (AvgIpc) is 2.82. The number of anilines is 2. The number of primary amides is 1. The summed E-state index contributed by atoms with van der Waals surface area (Å²) < 4.78 is 23.7. The molecule has 2 rings (SSSR count). The van der Waals surface area contributed by atoms with Crippen LogP contribution in [0.3, 0.4) is 0 Å². The van der Waals surface area contributed by atoms with Gasteiger partial charge in [0.05, 0.1) is 5.69 Å². The lowest BCUT2D eigenvalue weighted by Gasteiger charge is -2.13. The molecule has 0 aliphatic carbocycles. The highest BCUT2D eigenvalue weighted by molar-refractivity contribution is 7.91. The second-order valence-electron chi connectivity index (χ2n) is 5.03. The topological polar surface area (TPSA) is 119 Å². The maximum Gasteiger partial charge on any atom is 0.261 e. The monoisotopic (exact) mass is 318 g/mol. The first-order valence-electron chi connectivity index (χ1n) is 6.07. The van der Waals surface area contributed by atoms with E-state index in [2.05, 4.69) is 10.2 Å². The number of nitrogens with zero attached hydrogens (tertiary/aromatic N) is 1. The molecule has 1 aliphatic heterocycles. The maximum atomic E-state index is 11.9. The molecule has 1 atom stereocenters. The summed E-state index contributed by atoms with van der Waals surface area (Å²) in [6, 6.07) is 0.138. The fourth-order valence-electron chi connectivity index (χ4n) is 2.31. The molecule has 2 heterocycles. The van der Waals surface area contributed by atoms with Gasteiger partial charge in [-0.2, -0.15) is 0 Å². The number of thiophene rings is 1. The SMILES string of the molecule is CN1CCC(Nc2sc(C(N)=O)c(N)c2S(C)(=O)=O)C1. The molecular formula is C11H18N4O3S2. The number of carbonyl (C=O) groups excluding carboxylic acids is 1. The molecule has 1 fully saturated rings. The number of likely N-dealkylation sites (tertiary alicyclic amines) is 1. The van der Waals surface area contributed by atoms with E-state index in [1.165, 1.54) is 0 Å². The van der Waals surface area contributed by atoms with Crippen molar-refractivity contribution in [3.05, 3.63) is 4.88 Å².